The molecule has 2 atom stereocenters. The Hall–Kier alpha value is -1.15. The van der Waals surface area contributed by atoms with Crippen LogP contribution in [0, 0.1) is 5.92 Å². The van der Waals surface area contributed by atoms with Crippen LogP contribution in [0.25, 0.3) is 0 Å². The van der Waals surface area contributed by atoms with Crippen LogP contribution in [0.15, 0.2) is 24.3 Å². The zero-order valence-corrected chi connectivity index (χ0v) is 10.7. The Labute approximate surface area is 103 Å². The van der Waals surface area contributed by atoms with Crippen LogP contribution in [0.4, 0.5) is 0 Å². The zero-order valence-electron chi connectivity index (χ0n) is 10.7. The number of benzene rings is 1. The topological polar surface area (TPSA) is 29.1 Å². The summed E-state index contributed by atoms with van der Waals surface area (Å²) in [7, 11) is 3.75. The summed E-state index contributed by atoms with van der Waals surface area (Å²) in [6.07, 6.45) is 3.92. The van der Waals surface area contributed by atoms with E-state index in [1.807, 2.05) is 14.1 Å². The molecule has 2 unspecified atom stereocenters. The van der Waals surface area contributed by atoms with E-state index < -0.39 is 0 Å². The van der Waals surface area contributed by atoms with Crippen LogP contribution < -0.4 is 5.32 Å². The first-order chi connectivity index (χ1) is 8.26. The molecule has 2 aliphatic rings. The number of hydrogen-bond acceptors (Lipinski definition) is 2. The Morgan fingerprint density at radius 3 is 2.65 bits per heavy atom. The van der Waals surface area contributed by atoms with Gasteiger partial charge in [-0.3, -0.25) is 4.79 Å². The molecular weight excluding hydrogens is 210 g/mol. The van der Waals surface area contributed by atoms with Gasteiger partial charge in [-0.05, 0) is 49.9 Å². The van der Waals surface area contributed by atoms with Crippen molar-refractivity contribution < 1.29 is 4.79 Å². The number of nitrogens with one attached hydrogen (secondary N) is 1. The van der Waals surface area contributed by atoms with Gasteiger partial charge in [-0.1, -0.05) is 24.3 Å². The molecular formula is C15H21NO. The summed E-state index contributed by atoms with van der Waals surface area (Å²) in [6, 6.07) is 8.63. The van der Waals surface area contributed by atoms with Gasteiger partial charge in [-0.15, -0.1) is 0 Å². The first kappa shape index (κ1) is 12.3. The van der Waals surface area contributed by atoms with E-state index >= 15 is 0 Å². The molecule has 1 saturated carbocycles. The van der Waals surface area contributed by atoms with Crippen LogP contribution in [-0.2, 0) is 11.2 Å². The van der Waals surface area contributed by atoms with E-state index in [-0.39, 0.29) is 0 Å². The summed E-state index contributed by atoms with van der Waals surface area (Å²) in [4.78, 5) is 11.4. The number of hydrogen-bond donors (Lipinski definition) is 1. The quantitative estimate of drug-likeness (QED) is 0.743. The Morgan fingerprint density at radius 2 is 1.88 bits per heavy atom. The van der Waals surface area contributed by atoms with Crippen molar-refractivity contribution in [1.29, 1.82) is 0 Å². The van der Waals surface area contributed by atoms with Gasteiger partial charge in [-0.2, -0.15) is 0 Å². The molecule has 1 aromatic rings. The van der Waals surface area contributed by atoms with Gasteiger partial charge in [0.2, 0.25) is 0 Å². The third-order valence-electron chi connectivity index (χ3n) is 3.75. The highest BCUT2D eigenvalue weighted by Crippen LogP contribution is 2.45. The lowest BCUT2D eigenvalue weighted by atomic mass is 9.79. The smallest absolute Gasteiger partial charge is 0.133 e. The van der Waals surface area contributed by atoms with Crippen LogP contribution in [0.2, 0.25) is 0 Å². The molecule has 2 aliphatic carbocycles. The van der Waals surface area contributed by atoms with Crippen LogP contribution in [0.3, 0.4) is 0 Å². The third-order valence-corrected chi connectivity index (χ3v) is 3.75. The van der Waals surface area contributed by atoms with E-state index in [9.17, 15) is 4.79 Å². The lowest BCUT2D eigenvalue weighted by Gasteiger charge is -2.24. The monoisotopic (exact) mass is 231 g/mol. The molecule has 2 nitrogen and oxygen atoms in total. The number of carbonyl (C=O) groups is 1. The van der Waals surface area contributed by atoms with E-state index in [1.165, 1.54) is 17.5 Å². The number of carbonyl (C=O) groups excluding carboxylic acids is 1. The number of rotatable bonds is 0. The van der Waals surface area contributed by atoms with Gasteiger partial charge >= 0.3 is 0 Å². The Kier molecular flexibility index (Phi) is 3.95. The Morgan fingerprint density at radius 1 is 1.18 bits per heavy atom. The predicted molar refractivity (Wildman–Crippen MR) is 70.2 cm³/mol. The molecule has 2 heteroatoms. The minimum absolute atomic E-state index is 0.461. The summed E-state index contributed by atoms with van der Waals surface area (Å²) < 4.78 is 0. The summed E-state index contributed by atoms with van der Waals surface area (Å²) in [5, 5.41) is 2.75. The minimum atomic E-state index is 0.461. The molecule has 3 rings (SSSR count). The second-order valence-corrected chi connectivity index (χ2v) is 5.05. The SMILES string of the molecule is CNC.O=C1CCC2Cc3ccccc3C2C1. The Balaban J connectivity index is 0.000000329. The molecule has 17 heavy (non-hydrogen) atoms. The fourth-order valence-corrected chi connectivity index (χ4v) is 3.03. The molecule has 0 bridgehead atoms. The van der Waals surface area contributed by atoms with Gasteiger partial charge in [0, 0.05) is 12.8 Å². The molecule has 1 fully saturated rings. The van der Waals surface area contributed by atoms with Crippen molar-refractivity contribution in [1.82, 2.24) is 5.32 Å². The van der Waals surface area contributed by atoms with Gasteiger partial charge in [0.1, 0.15) is 5.78 Å². The maximum Gasteiger partial charge on any atom is 0.133 e. The lowest BCUT2D eigenvalue weighted by Crippen LogP contribution is -2.19. The first-order valence-corrected chi connectivity index (χ1v) is 6.44. The van der Waals surface area contributed by atoms with Crippen molar-refractivity contribution in [2.24, 2.45) is 5.92 Å². The van der Waals surface area contributed by atoms with Crippen LogP contribution in [0.5, 0.6) is 0 Å². The minimum Gasteiger partial charge on any atom is -0.323 e. The molecule has 0 spiro atoms. The predicted octanol–water partition coefficient (Wildman–Crippen LogP) is 2.53. The normalized spacial score (nSPS) is 25.6. The fourth-order valence-electron chi connectivity index (χ4n) is 3.03. The molecule has 0 saturated heterocycles. The first-order valence-electron chi connectivity index (χ1n) is 6.44. The second-order valence-electron chi connectivity index (χ2n) is 5.05. The molecule has 0 aromatic heterocycles. The van der Waals surface area contributed by atoms with Crippen LogP contribution >= 0.6 is 0 Å². The van der Waals surface area contributed by atoms with Crippen molar-refractivity contribution >= 4 is 5.78 Å². The van der Waals surface area contributed by atoms with E-state index in [4.69, 9.17) is 0 Å². The average molecular weight is 231 g/mol. The zero-order chi connectivity index (χ0) is 12.3. The lowest BCUT2D eigenvalue weighted by molar-refractivity contribution is -0.121. The summed E-state index contributed by atoms with van der Waals surface area (Å²) >= 11 is 0. The maximum atomic E-state index is 11.4. The highest BCUT2D eigenvalue weighted by Gasteiger charge is 2.36. The molecule has 92 valence electrons. The van der Waals surface area contributed by atoms with Gasteiger partial charge in [-0.25, -0.2) is 0 Å². The number of fused-ring (bicyclic) bond motifs is 3. The van der Waals surface area contributed by atoms with Crippen molar-refractivity contribution in [2.45, 2.75) is 31.6 Å². The summed E-state index contributed by atoms with van der Waals surface area (Å²) in [6.45, 7) is 0. The van der Waals surface area contributed by atoms with Gasteiger partial charge < -0.3 is 5.32 Å². The van der Waals surface area contributed by atoms with Crippen molar-refractivity contribution in [3.63, 3.8) is 0 Å². The molecule has 0 heterocycles. The van der Waals surface area contributed by atoms with Gasteiger partial charge in [0.15, 0.2) is 0 Å². The van der Waals surface area contributed by atoms with Crippen molar-refractivity contribution in [3.8, 4) is 0 Å². The third kappa shape index (κ3) is 2.58. The van der Waals surface area contributed by atoms with Crippen LogP contribution in [-0.4, -0.2) is 19.9 Å². The van der Waals surface area contributed by atoms with Crippen molar-refractivity contribution in [2.75, 3.05) is 14.1 Å². The van der Waals surface area contributed by atoms with Crippen LogP contribution in [0.1, 0.15) is 36.3 Å². The fraction of sp³-hybridized carbons (Fsp3) is 0.533. The molecule has 1 aromatic carbocycles. The second kappa shape index (κ2) is 5.46. The standard InChI is InChI=1S/C13H14O.C2H7N/c14-11-6-5-10-7-9-3-1-2-4-12(9)13(10)8-11;1-3-2/h1-4,10,13H,5-8H2;3H,1-2H3. The van der Waals surface area contributed by atoms with E-state index in [2.05, 4.69) is 29.6 Å². The molecule has 0 aliphatic heterocycles. The Bertz CT molecular complexity index is 400. The molecule has 0 amide bonds. The molecule has 1 N–H and O–H groups in total. The summed E-state index contributed by atoms with van der Waals surface area (Å²) in [5.41, 5.74) is 2.93. The summed E-state index contributed by atoms with van der Waals surface area (Å²) in [5.74, 6) is 1.76. The largest absolute Gasteiger partial charge is 0.323 e. The van der Waals surface area contributed by atoms with Gasteiger partial charge in [0.05, 0.1) is 0 Å². The van der Waals surface area contributed by atoms with E-state index in [0.717, 1.165) is 25.2 Å². The van der Waals surface area contributed by atoms with Gasteiger partial charge in [0.25, 0.3) is 0 Å². The van der Waals surface area contributed by atoms with E-state index in [1.54, 1.807) is 0 Å². The average Bonchev–Trinajstić information content (AvgIpc) is 2.68. The number of Topliss-reactive ketones (excluding diaryl/α,β-unsaturated/α-hetero) is 1. The van der Waals surface area contributed by atoms with Crippen molar-refractivity contribution in [3.05, 3.63) is 35.4 Å². The highest BCUT2D eigenvalue weighted by molar-refractivity contribution is 5.80. The molecule has 0 radical (unpaired) electrons. The highest BCUT2D eigenvalue weighted by atomic mass is 16.1. The van der Waals surface area contributed by atoms with E-state index in [0.29, 0.717) is 11.7 Å². The number of ketones is 1. The maximum absolute atomic E-state index is 11.4.